The van der Waals surface area contributed by atoms with Gasteiger partial charge in [-0.3, -0.25) is 14.6 Å². The van der Waals surface area contributed by atoms with E-state index in [1.54, 1.807) is 24.4 Å². The Bertz CT molecular complexity index is 1040. The summed E-state index contributed by atoms with van der Waals surface area (Å²) in [4.78, 5) is 29.9. The van der Waals surface area contributed by atoms with E-state index in [0.717, 1.165) is 43.2 Å². The lowest BCUT2D eigenvalue weighted by Crippen LogP contribution is -2.28. The van der Waals surface area contributed by atoms with Crippen LogP contribution in [0.1, 0.15) is 28.8 Å². The second-order valence-corrected chi connectivity index (χ2v) is 7.05. The topological polar surface area (TPSA) is 68.7 Å². The third-order valence-electron chi connectivity index (χ3n) is 5.15. The molecule has 1 aliphatic heterocycles. The van der Waals surface area contributed by atoms with Crippen molar-refractivity contribution in [1.29, 1.82) is 0 Å². The monoisotopic (exact) mass is 390 g/mol. The Morgan fingerprint density at radius 2 is 1.86 bits per heavy atom. The van der Waals surface area contributed by atoms with Crippen LogP contribution in [0.4, 0.5) is 0 Å². The molecule has 4 rings (SSSR count). The lowest BCUT2D eigenvalue weighted by atomic mass is 10.1. The highest BCUT2D eigenvalue weighted by molar-refractivity contribution is 5.93. The molecule has 1 saturated heterocycles. The van der Waals surface area contributed by atoms with Gasteiger partial charge in [0.15, 0.2) is 6.29 Å². The number of amides is 1. The zero-order valence-corrected chi connectivity index (χ0v) is 16.3. The SMILES string of the molecule is COc1cc2nccc(Oc3ccc(CC(=O)N4CCCC4)cc3)c2cc1C=O. The first kappa shape index (κ1) is 18.9. The first-order chi connectivity index (χ1) is 14.2. The summed E-state index contributed by atoms with van der Waals surface area (Å²) in [7, 11) is 1.52. The maximum Gasteiger partial charge on any atom is 0.226 e. The van der Waals surface area contributed by atoms with Crippen molar-refractivity contribution in [2.45, 2.75) is 19.3 Å². The summed E-state index contributed by atoms with van der Waals surface area (Å²) in [6.07, 6.45) is 5.00. The van der Waals surface area contributed by atoms with Crippen LogP contribution in [-0.4, -0.2) is 42.3 Å². The molecule has 1 aliphatic rings. The van der Waals surface area contributed by atoms with Gasteiger partial charge in [-0.15, -0.1) is 0 Å². The van der Waals surface area contributed by atoms with Gasteiger partial charge in [0.05, 0.1) is 24.6 Å². The van der Waals surface area contributed by atoms with Crippen molar-refractivity contribution in [3.8, 4) is 17.2 Å². The maximum absolute atomic E-state index is 12.3. The Labute approximate surface area is 169 Å². The number of methoxy groups -OCH3 is 1. The van der Waals surface area contributed by atoms with E-state index in [9.17, 15) is 9.59 Å². The average Bonchev–Trinajstić information content (AvgIpc) is 3.29. The Kier molecular flexibility index (Phi) is 5.42. The molecule has 29 heavy (non-hydrogen) atoms. The molecule has 1 amide bonds. The van der Waals surface area contributed by atoms with Crippen LogP contribution in [0.3, 0.4) is 0 Å². The number of likely N-dealkylation sites (tertiary alicyclic amines) is 1. The molecule has 6 heteroatoms. The Morgan fingerprint density at radius 1 is 1.10 bits per heavy atom. The summed E-state index contributed by atoms with van der Waals surface area (Å²) in [5.74, 6) is 1.90. The summed E-state index contributed by atoms with van der Waals surface area (Å²) in [5.41, 5.74) is 2.08. The number of ether oxygens (including phenoxy) is 2. The van der Waals surface area contributed by atoms with E-state index in [0.29, 0.717) is 34.7 Å². The van der Waals surface area contributed by atoms with Gasteiger partial charge >= 0.3 is 0 Å². The van der Waals surface area contributed by atoms with Crippen LogP contribution < -0.4 is 9.47 Å². The number of fused-ring (bicyclic) bond motifs is 1. The number of pyridine rings is 1. The largest absolute Gasteiger partial charge is 0.496 e. The van der Waals surface area contributed by atoms with Crippen molar-refractivity contribution >= 4 is 23.1 Å². The molecule has 0 unspecified atom stereocenters. The van der Waals surface area contributed by atoms with E-state index in [1.165, 1.54) is 7.11 Å². The number of aromatic nitrogens is 1. The zero-order valence-electron chi connectivity index (χ0n) is 16.3. The zero-order chi connectivity index (χ0) is 20.2. The number of carbonyl (C=O) groups excluding carboxylic acids is 2. The Balaban J connectivity index is 1.53. The number of rotatable bonds is 6. The second kappa shape index (κ2) is 8.31. The van der Waals surface area contributed by atoms with Gasteiger partial charge in [-0.05, 0) is 42.7 Å². The molecule has 0 bridgehead atoms. The average molecular weight is 390 g/mol. The molecule has 3 aromatic rings. The maximum atomic E-state index is 12.3. The van der Waals surface area contributed by atoms with Crippen molar-refractivity contribution < 1.29 is 19.1 Å². The number of benzene rings is 2. The highest BCUT2D eigenvalue weighted by Gasteiger charge is 2.18. The molecule has 2 heterocycles. The molecule has 0 radical (unpaired) electrons. The molecule has 0 aliphatic carbocycles. The van der Waals surface area contributed by atoms with E-state index in [-0.39, 0.29) is 5.91 Å². The van der Waals surface area contributed by atoms with Crippen LogP contribution in [0, 0.1) is 0 Å². The van der Waals surface area contributed by atoms with Crippen molar-refractivity contribution in [2.24, 2.45) is 0 Å². The lowest BCUT2D eigenvalue weighted by molar-refractivity contribution is -0.129. The van der Waals surface area contributed by atoms with E-state index < -0.39 is 0 Å². The molecule has 1 fully saturated rings. The highest BCUT2D eigenvalue weighted by Crippen LogP contribution is 2.32. The fraction of sp³-hybridized carbons (Fsp3) is 0.261. The van der Waals surface area contributed by atoms with Crippen LogP contribution in [0.15, 0.2) is 48.7 Å². The smallest absolute Gasteiger partial charge is 0.226 e. The predicted octanol–water partition coefficient (Wildman–Crippen LogP) is 4.01. The highest BCUT2D eigenvalue weighted by atomic mass is 16.5. The van der Waals surface area contributed by atoms with Crippen molar-refractivity contribution in [2.75, 3.05) is 20.2 Å². The van der Waals surface area contributed by atoms with Crippen LogP contribution >= 0.6 is 0 Å². The standard InChI is InChI=1S/C23H22N2O4/c1-28-22-14-20-19(13-17(22)15-26)21(8-9-24-20)29-18-6-4-16(5-7-18)12-23(27)25-10-2-3-11-25/h4-9,13-15H,2-3,10-12H2,1H3. The van der Waals surface area contributed by atoms with Crippen molar-refractivity contribution in [3.05, 3.63) is 59.8 Å². The normalized spacial score (nSPS) is 13.5. The van der Waals surface area contributed by atoms with E-state index in [2.05, 4.69) is 4.98 Å². The minimum Gasteiger partial charge on any atom is -0.496 e. The number of nitrogens with zero attached hydrogens (tertiary/aromatic N) is 2. The van der Waals surface area contributed by atoms with E-state index in [4.69, 9.17) is 9.47 Å². The van der Waals surface area contributed by atoms with Crippen LogP contribution in [-0.2, 0) is 11.2 Å². The predicted molar refractivity (Wildman–Crippen MR) is 110 cm³/mol. The molecule has 2 aromatic carbocycles. The fourth-order valence-electron chi connectivity index (χ4n) is 3.58. The third kappa shape index (κ3) is 4.06. The van der Waals surface area contributed by atoms with Gasteiger partial charge < -0.3 is 14.4 Å². The quantitative estimate of drug-likeness (QED) is 0.595. The van der Waals surface area contributed by atoms with Crippen LogP contribution in [0.2, 0.25) is 0 Å². The van der Waals surface area contributed by atoms with Gasteiger partial charge in [0.2, 0.25) is 5.91 Å². The molecular weight excluding hydrogens is 368 g/mol. The summed E-state index contributed by atoms with van der Waals surface area (Å²) >= 11 is 0. The second-order valence-electron chi connectivity index (χ2n) is 7.05. The van der Waals surface area contributed by atoms with E-state index >= 15 is 0 Å². The molecular formula is C23H22N2O4. The summed E-state index contributed by atoms with van der Waals surface area (Å²) < 4.78 is 11.3. The minimum atomic E-state index is 0.173. The first-order valence-corrected chi connectivity index (χ1v) is 9.64. The molecule has 1 aromatic heterocycles. The summed E-state index contributed by atoms with van der Waals surface area (Å²) in [6, 6.07) is 12.7. The van der Waals surface area contributed by atoms with Gasteiger partial charge in [-0.25, -0.2) is 0 Å². The Hall–Kier alpha value is -3.41. The number of hydrogen-bond donors (Lipinski definition) is 0. The number of hydrogen-bond acceptors (Lipinski definition) is 5. The molecule has 0 saturated carbocycles. The Morgan fingerprint density at radius 3 is 2.55 bits per heavy atom. The van der Waals surface area contributed by atoms with Gasteiger partial charge in [-0.1, -0.05) is 12.1 Å². The molecule has 0 N–H and O–H groups in total. The summed E-state index contributed by atoms with van der Waals surface area (Å²) in [5, 5.41) is 0.726. The number of aldehydes is 1. The third-order valence-corrected chi connectivity index (χ3v) is 5.15. The van der Waals surface area contributed by atoms with Gasteiger partial charge in [0.1, 0.15) is 17.2 Å². The molecule has 0 atom stereocenters. The van der Waals surface area contributed by atoms with Gasteiger partial charge in [-0.2, -0.15) is 0 Å². The molecule has 148 valence electrons. The fourth-order valence-corrected chi connectivity index (χ4v) is 3.58. The first-order valence-electron chi connectivity index (χ1n) is 9.64. The molecule has 0 spiro atoms. The molecule has 6 nitrogen and oxygen atoms in total. The summed E-state index contributed by atoms with van der Waals surface area (Å²) in [6.45, 7) is 1.73. The van der Waals surface area contributed by atoms with Crippen molar-refractivity contribution in [3.63, 3.8) is 0 Å². The van der Waals surface area contributed by atoms with Gasteiger partial charge in [0, 0.05) is 30.7 Å². The van der Waals surface area contributed by atoms with Crippen LogP contribution in [0.5, 0.6) is 17.2 Å². The van der Waals surface area contributed by atoms with Gasteiger partial charge in [0.25, 0.3) is 0 Å². The van der Waals surface area contributed by atoms with Crippen molar-refractivity contribution in [1.82, 2.24) is 9.88 Å². The number of carbonyl (C=O) groups is 2. The minimum absolute atomic E-state index is 0.173. The van der Waals surface area contributed by atoms with E-state index in [1.807, 2.05) is 29.2 Å². The lowest BCUT2D eigenvalue weighted by Gasteiger charge is -2.15. The van der Waals surface area contributed by atoms with Crippen LogP contribution in [0.25, 0.3) is 10.9 Å².